The Bertz CT molecular complexity index is 407. The van der Waals surface area contributed by atoms with Gasteiger partial charge in [-0.25, -0.2) is 4.79 Å². The molecule has 1 saturated heterocycles. The van der Waals surface area contributed by atoms with Crippen molar-refractivity contribution in [3.63, 3.8) is 0 Å². The first-order chi connectivity index (χ1) is 7.98. The van der Waals surface area contributed by atoms with Gasteiger partial charge >= 0.3 is 5.97 Å². The average Bonchev–Trinajstić information content (AvgIpc) is 2.81. The van der Waals surface area contributed by atoms with Crippen LogP contribution in [0.25, 0.3) is 0 Å². The van der Waals surface area contributed by atoms with Crippen molar-refractivity contribution in [2.24, 2.45) is 0 Å². The third-order valence-electron chi connectivity index (χ3n) is 2.55. The predicted molar refractivity (Wildman–Crippen MR) is 58.6 cm³/mol. The summed E-state index contributed by atoms with van der Waals surface area (Å²) in [6.07, 6.45) is 1.26. The lowest BCUT2D eigenvalue weighted by atomic mass is 10.3. The summed E-state index contributed by atoms with van der Waals surface area (Å²) in [4.78, 5) is 11.7. The highest BCUT2D eigenvalue weighted by atomic mass is 16.7. The molecule has 0 radical (unpaired) electrons. The molecule has 0 spiro atoms. The molecule has 0 aromatic carbocycles. The third kappa shape index (κ3) is 2.87. The van der Waals surface area contributed by atoms with Crippen LogP contribution in [0.3, 0.4) is 0 Å². The van der Waals surface area contributed by atoms with Crippen LogP contribution in [0.4, 0.5) is 0 Å². The number of furan rings is 1. The summed E-state index contributed by atoms with van der Waals surface area (Å²) in [6.45, 7) is 6.00. The Balaban J connectivity index is 1.84. The SMILES string of the molecule is Cc1occc1C(=O)OC[C@H]1COC(C)(C)O1. The molecule has 5 nitrogen and oxygen atoms in total. The minimum atomic E-state index is -0.595. The average molecular weight is 240 g/mol. The standard InChI is InChI=1S/C12H16O5/c1-8-10(4-5-14-8)11(13)15-6-9-7-16-12(2,3)17-9/h4-5,9H,6-7H2,1-3H3/t9-/m0/s1. The Morgan fingerprint density at radius 3 is 2.88 bits per heavy atom. The summed E-state index contributed by atoms with van der Waals surface area (Å²) in [5.41, 5.74) is 0.447. The highest BCUT2D eigenvalue weighted by Gasteiger charge is 2.33. The first kappa shape index (κ1) is 12.1. The van der Waals surface area contributed by atoms with Gasteiger partial charge in [-0.3, -0.25) is 0 Å². The topological polar surface area (TPSA) is 57.9 Å². The molecule has 2 heterocycles. The lowest BCUT2D eigenvalue weighted by molar-refractivity contribution is -0.142. The van der Waals surface area contributed by atoms with Gasteiger partial charge in [-0.05, 0) is 26.8 Å². The highest BCUT2D eigenvalue weighted by Crippen LogP contribution is 2.22. The van der Waals surface area contributed by atoms with Crippen LogP contribution in [0.5, 0.6) is 0 Å². The zero-order valence-electron chi connectivity index (χ0n) is 10.2. The molecule has 0 amide bonds. The first-order valence-electron chi connectivity index (χ1n) is 5.51. The van der Waals surface area contributed by atoms with Gasteiger partial charge in [0.2, 0.25) is 0 Å². The van der Waals surface area contributed by atoms with Crippen molar-refractivity contribution < 1.29 is 23.4 Å². The number of carbonyl (C=O) groups excluding carboxylic acids is 1. The molecule has 1 aliphatic heterocycles. The van der Waals surface area contributed by atoms with Crippen molar-refractivity contribution in [3.05, 3.63) is 23.7 Å². The molecule has 0 N–H and O–H groups in total. The molecule has 1 aromatic heterocycles. The molecule has 17 heavy (non-hydrogen) atoms. The Hall–Kier alpha value is -1.33. The van der Waals surface area contributed by atoms with Crippen molar-refractivity contribution in [1.29, 1.82) is 0 Å². The van der Waals surface area contributed by atoms with Crippen LogP contribution in [0, 0.1) is 6.92 Å². The predicted octanol–water partition coefficient (Wildman–Crippen LogP) is 1.90. The number of rotatable bonds is 3. The summed E-state index contributed by atoms with van der Waals surface area (Å²) in [6, 6.07) is 1.59. The molecule has 1 aromatic rings. The molecule has 0 saturated carbocycles. The fourth-order valence-electron chi connectivity index (χ4n) is 1.69. The number of hydrogen-bond donors (Lipinski definition) is 0. The van der Waals surface area contributed by atoms with Crippen LogP contribution >= 0.6 is 0 Å². The quantitative estimate of drug-likeness (QED) is 0.755. The van der Waals surface area contributed by atoms with Crippen molar-refractivity contribution >= 4 is 5.97 Å². The van der Waals surface area contributed by atoms with Gasteiger partial charge in [-0.15, -0.1) is 0 Å². The second-order valence-corrected chi connectivity index (χ2v) is 4.44. The minimum Gasteiger partial charge on any atom is -0.469 e. The van der Waals surface area contributed by atoms with E-state index in [0.717, 1.165) is 0 Å². The van der Waals surface area contributed by atoms with E-state index in [1.807, 2.05) is 13.8 Å². The van der Waals surface area contributed by atoms with Crippen molar-refractivity contribution in [3.8, 4) is 0 Å². The maximum absolute atomic E-state index is 11.7. The number of esters is 1. The maximum atomic E-state index is 11.7. The van der Waals surface area contributed by atoms with Crippen LogP contribution in [0.1, 0.15) is 30.0 Å². The maximum Gasteiger partial charge on any atom is 0.341 e. The molecule has 1 fully saturated rings. The van der Waals surface area contributed by atoms with E-state index in [9.17, 15) is 4.79 Å². The number of hydrogen-bond acceptors (Lipinski definition) is 5. The summed E-state index contributed by atoms with van der Waals surface area (Å²) >= 11 is 0. The van der Waals surface area contributed by atoms with Crippen LogP contribution in [0.15, 0.2) is 16.7 Å². The zero-order chi connectivity index (χ0) is 12.5. The van der Waals surface area contributed by atoms with Crippen LogP contribution in [0.2, 0.25) is 0 Å². The molecule has 0 unspecified atom stereocenters. The van der Waals surface area contributed by atoms with Gasteiger partial charge in [-0.1, -0.05) is 0 Å². The Morgan fingerprint density at radius 2 is 2.35 bits per heavy atom. The zero-order valence-corrected chi connectivity index (χ0v) is 10.2. The first-order valence-corrected chi connectivity index (χ1v) is 5.51. The number of aryl methyl sites for hydroxylation is 1. The van der Waals surface area contributed by atoms with E-state index in [4.69, 9.17) is 18.6 Å². The second kappa shape index (κ2) is 4.50. The molecular weight excluding hydrogens is 224 g/mol. The summed E-state index contributed by atoms with van der Waals surface area (Å²) in [5, 5.41) is 0. The van der Waals surface area contributed by atoms with Gasteiger partial charge in [0, 0.05) is 0 Å². The van der Waals surface area contributed by atoms with Gasteiger partial charge in [0.1, 0.15) is 24.0 Å². The number of carbonyl (C=O) groups is 1. The van der Waals surface area contributed by atoms with Gasteiger partial charge in [0.05, 0.1) is 12.9 Å². The van der Waals surface area contributed by atoms with E-state index >= 15 is 0 Å². The molecule has 0 bridgehead atoms. The van der Waals surface area contributed by atoms with E-state index in [1.165, 1.54) is 6.26 Å². The molecule has 1 atom stereocenters. The molecular formula is C12H16O5. The number of ether oxygens (including phenoxy) is 3. The van der Waals surface area contributed by atoms with E-state index in [-0.39, 0.29) is 12.7 Å². The van der Waals surface area contributed by atoms with E-state index in [2.05, 4.69) is 0 Å². The van der Waals surface area contributed by atoms with Gasteiger partial charge in [-0.2, -0.15) is 0 Å². The van der Waals surface area contributed by atoms with Gasteiger partial charge in [0.25, 0.3) is 0 Å². The molecule has 0 aliphatic carbocycles. The summed E-state index contributed by atoms with van der Waals surface area (Å²) in [7, 11) is 0. The Morgan fingerprint density at radius 1 is 1.59 bits per heavy atom. The highest BCUT2D eigenvalue weighted by molar-refractivity contribution is 5.90. The van der Waals surface area contributed by atoms with Crippen LogP contribution in [-0.2, 0) is 14.2 Å². The minimum absolute atomic E-state index is 0.187. The van der Waals surface area contributed by atoms with Crippen molar-refractivity contribution in [2.75, 3.05) is 13.2 Å². The molecule has 1 aliphatic rings. The van der Waals surface area contributed by atoms with E-state index in [0.29, 0.717) is 17.9 Å². The Labute approximate surface area is 99.6 Å². The van der Waals surface area contributed by atoms with E-state index in [1.54, 1.807) is 13.0 Å². The van der Waals surface area contributed by atoms with Gasteiger partial charge in [0.15, 0.2) is 5.79 Å². The monoisotopic (exact) mass is 240 g/mol. The third-order valence-corrected chi connectivity index (χ3v) is 2.55. The second-order valence-electron chi connectivity index (χ2n) is 4.44. The van der Waals surface area contributed by atoms with Crippen LogP contribution < -0.4 is 0 Å². The summed E-state index contributed by atoms with van der Waals surface area (Å²) in [5.74, 6) is -0.439. The molecule has 2 rings (SSSR count). The van der Waals surface area contributed by atoms with Crippen LogP contribution in [-0.4, -0.2) is 31.1 Å². The fourth-order valence-corrected chi connectivity index (χ4v) is 1.69. The van der Waals surface area contributed by atoms with Gasteiger partial charge < -0.3 is 18.6 Å². The molecule has 94 valence electrons. The van der Waals surface area contributed by atoms with Crippen molar-refractivity contribution in [2.45, 2.75) is 32.7 Å². The normalized spacial score (nSPS) is 22.6. The Kier molecular flexibility index (Phi) is 3.22. The lowest BCUT2D eigenvalue weighted by Crippen LogP contribution is -2.25. The summed E-state index contributed by atoms with van der Waals surface area (Å²) < 4.78 is 21.1. The molecule has 5 heteroatoms. The largest absolute Gasteiger partial charge is 0.469 e. The van der Waals surface area contributed by atoms with Crippen molar-refractivity contribution in [1.82, 2.24) is 0 Å². The van der Waals surface area contributed by atoms with E-state index < -0.39 is 11.8 Å². The lowest BCUT2D eigenvalue weighted by Gasteiger charge is -2.16. The fraction of sp³-hybridized carbons (Fsp3) is 0.583. The smallest absolute Gasteiger partial charge is 0.341 e.